The number of rotatable bonds is 5. The van der Waals surface area contributed by atoms with Gasteiger partial charge < -0.3 is 10.2 Å². The van der Waals surface area contributed by atoms with Gasteiger partial charge in [-0.3, -0.25) is 4.79 Å². The number of aromatic nitrogens is 3. The standard InChI is InChI=1S/C26H24BrN5O/c27-19-15-28-26(29-16-19)30-17-20-10-6-7-13-32(20)25(33)22-14-24(18-8-2-1-3-9-18)31-23-12-5-4-11-21(22)23/h1-5,8-9,11-12,14-16,20H,6-7,10,13,17H2,(H,28,29,30)/t20-/m0/s1. The summed E-state index contributed by atoms with van der Waals surface area (Å²) in [6.45, 7) is 1.35. The molecule has 1 N–H and O–H groups in total. The van der Waals surface area contributed by atoms with Crippen molar-refractivity contribution in [2.24, 2.45) is 0 Å². The number of nitrogens with one attached hydrogen (secondary N) is 1. The van der Waals surface area contributed by atoms with Gasteiger partial charge in [-0.1, -0.05) is 48.5 Å². The lowest BCUT2D eigenvalue weighted by Crippen LogP contribution is -2.47. The van der Waals surface area contributed by atoms with E-state index in [1.54, 1.807) is 12.4 Å². The third kappa shape index (κ3) is 4.73. The number of carbonyl (C=O) groups is 1. The second kappa shape index (κ2) is 9.67. The van der Waals surface area contributed by atoms with Gasteiger partial charge in [-0.05, 0) is 47.3 Å². The van der Waals surface area contributed by atoms with E-state index in [-0.39, 0.29) is 11.9 Å². The molecule has 0 bridgehead atoms. The number of pyridine rings is 1. The van der Waals surface area contributed by atoms with Crippen molar-refractivity contribution in [2.45, 2.75) is 25.3 Å². The number of hydrogen-bond acceptors (Lipinski definition) is 5. The molecule has 2 aromatic carbocycles. The van der Waals surface area contributed by atoms with E-state index in [1.165, 1.54) is 0 Å². The van der Waals surface area contributed by atoms with E-state index >= 15 is 0 Å². The first-order chi connectivity index (χ1) is 16.2. The maximum absolute atomic E-state index is 13.9. The molecule has 0 spiro atoms. The van der Waals surface area contributed by atoms with Crippen molar-refractivity contribution in [1.29, 1.82) is 0 Å². The molecule has 7 heteroatoms. The maximum Gasteiger partial charge on any atom is 0.254 e. The van der Waals surface area contributed by atoms with E-state index in [1.807, 2.05) is 65.6 Å². The summed E-state index contributed by atoms with van der Waals surface area (Å²) < 4.78 is 0.835. The number of anilines is 1. The SMILES string of the molecule is O=C(c1cc(-c2ccccc2)nc2ccccc12)N1CCCC[C@H]1CNc1ncc(Br)cn1. The minimum absolute atomic E-state index is 0.0500. The molecule has 6 nitrogen and oxygen atoms in total. The highest BCUT2D eigenvalue weighted by molar-refractivity contribution is 9.10. The molecule has 1 amide bonds. The van der Waals surface area contributed by atoms with E-state index in [0.29, 0.717) is 18.1 Å². The van der Waals surface area contributed by atoms with Crippen LogP contribution in [0.2, 0.25) is 0 Å². The van der Waals surface area contributed by atoms with Gasteiger partial charge in [0.1, 0.15) is 0 Å². The Labute approximate surface area is 201 Å². The van der Waals surface area contributed by atoms with Crippen LogP contribution in [0.3, 0.4) is 0 Å². The van der Waals surface area contributed by atoms with E-state index in [0.717, 1.165) is 52.4 Å². The molecule has 5 rings (SSSR count). The molecule has 0 radical (unpaired) electrons. The van der Waals surface area contributed by atoms with Crippen LogP contribution >= 0.6 is 15.9 Å². The molecule has 0 aliphatic carbocycles. The number of amides is 1. The Hall–Kier alpha value is -3.32. The Kier molecular flexibility index (Phi) is 6.30. The number of piperidine rings is 1. The summed E-state index contributed by atoms with van der Waals surface area (Å²) in [5, 5.41) is 4.19. The summed E-state index contributed by atoms with van der Waals surface area (Å²) in [5.74, 6) is 0.617. The quantitative estimate of drug-likeness (QED) is 0.387. The van der Waals surface area contributed by atoms with Gasteiger partial charge in [0.15, 0.2) is 0 Å². The first-order valence-electron chi connectivity index (χ1n) is 11.2. The first kappa shape index (κ1) is 21.5. The second-order valence-electron chi connectivity index (χ2n) is 8.19. The minimum atomic E-state index is 0.0500. The smallest absolute Gasteiger partial charge is 0.254 e. The fourth-order valence-electron chi connectivity index (χ4n) is 4.36. The zero-order valence-electron chi connectivity index (χ0n) is 18.1. The maximum atomic E-state index is 13.9. The van der Waals surface area contributed by atoms with Crippen molar-refractivity contribution in [1.82, 2.24) is 19.9 Å². The molecule has 1 atom stereocenters. The van der Waals surface area contributed by atoms with Crippen molar-refractivity contribution in [3.05, 3.63) is 83.1 Å². The summed E-state index contributed by atoms with van der Waals surface area (Å²) >= 11 is 3.36. The third-order valence-corrected chi connectivity index (χ3v) is 6.43. The molecule has 166 valence electrons. The van der Waals surface area contributed by atoms with Gasteiger partial charge in [0, 0.05) is 42.5 Å². The molecular weight excluding hydrogens is 478 g/mol. The van der Waals surface area contributed by atoms with E-state index in [4.69, 9.17) is 4.98 Å². The molecule has 0 saturated carbocycles. The lowest BCUT2D eigenvalue weighted by Gasteiger charge is -2.36. The fraction of sp³-hybridized carbons (Fsp3) is 0.231. The number of benzene rings is 2. The number of halogens is 1. The highest BCUT2D eigenvalue weighted by Gasteiger charge is 2.29. The van der Waals surface area contributed by atoms with Crippen LogP contribution in [0.5, 0.6) is 0 Å². The minimum Gasteiger partial charge on any atom is -0.352 e. The number of likely N-dealkylation sites (tertiary alicyclic amines) is 1. The van der Waals surface area contributed by atoms with E-state index in [9.17, 15) is 4.79 Å². The third-order valence-electron chi connectivity index (χ3n) is 6.02. The second-order valence-corrected chi connectivity index (χ2v) is 9.11. The van der Waals surface area contributed by atoms with Gasteiger partial charge in [0.25, 0.3) is 5.91 Å². The Morgan fingerprint density at radius 2 is 1.79 bits per heavy atom. The number of hydrogen-bond donors (Lipinski definition) is 1. The van der Waals surface area contributed by atoms with Crippen LogP contribution in [0, 0.1) is 0 Å². The molecule has 3 heterocycles. The van der Waals surface area contributed by atoms with Gasteiger partial charge in [0.2, 0.25) is 5.95 Å². The Balaban J connectivity index is 1.46. The van der Waals surface area contributed by atoms with Gasteiger partial charge in [-0.25, -0.2) is 15.0 Å². The topological polar surface area (TPSA) is 71.0 Å². The van der Waals surface area contributed by atoms with Crippen molar-refractivity contribution < 1.29 is 4.79 Å². The predicted octanol–water partition coefficient (Wildman–Crippen LogP) is 5.56. The summed E-state index contributed by atoms with van der Waals surface area (Å²) in [4.78, 5) is 29.3. The number of fused-ring (bicyclic) bond motifs is 1. The number of para-hydroxylation sites is 1. The zero-order valence-corrected chi connectivity index (χ0v) is 19.7. The Morgan fingerprint density at radius 3 is 2.61 bits per heavy atom. The fourth-order valence-corrected chi connectivity index (χ4v) is 4.56. The summed E-state index contributed by atoms with van der Waals surface area (Å²) in [7, 11) is 0. The number of carbonyl (C=O) groups excluding carboxylic acids is 1. The average molecular weight is 502 g/mol. The highest BCUT2D eigenvalue weighted by Crippen LogP contribution is 2.28. The molecule has 1 saturated heterocycles. The summed E-state index contributed by atoms with van der Waals surface area (Å²) in [6.07, 6.45) is 6.49. The highest BCUT2D eigenvalue weighted by atomic mass is 79.9. The zero-order chi connectivity index (χ0) is 22.6. The van der Waals surface area contributed by atoms with Crippen molar-refractivity contribution in [3.8, 4) is 11.3 Å². The monoisotopic (exact) mass is 501 g/mol. The molecule has 33 heavy (non-hydrogen) atoms. The summed E-state index contributed by atoms with van der Waals surface area (Å²) in [6, 6.07) is 19.9. The van der Waals surface area contributed by atoms with Crippen LogP contribution in [0.25, 0.3) is 22.2 Å². The molecule has 1 fully saturated rings. The predicted molar refractivity (Wildman–Crippen MR) is 134 cm³/mol. The Bertz CT molecular complexity index is 1260. The van der Waals surface area contributed by atoms with Gasteiger partial charge in [-0.2, -0.15) is 0 Å². The van der Waals surface area contributed by atoms with Crippen molar-refractivity contribution in [3.63, 3.8) is 0 Å². The first-order valence-corrected chi connectivity index (χ1v) is 12.0. The van der Waals surface area contributed by atoms with Gasteiger partial charge in [-0.15, -0.1) is 0 Å². The normalized spacial score (nSPS) is 16.0. The van der Waals surface area contributed by atoms with Crippen LogP contribution in [0.15, 0.2) is 77.5 Å². The van der Waals surface area contributed by atoms with Gasteiger partial charge >= 0.3 is 0 Å². The van der Waals surface area contributed by atoms with Crippen LogP contribution in [0.1, 0.15) is 29.6 Å². The van der Waals surface area contributed by atoms with Crippen LogP contribution in [-0.2, 0) is 0 Å². The Morgan fingerprint density at radius 1 is 1.03 bits per heavy atom. The van der Waals surface area contributed by atoms with Gasteiger partial charge in [0.05, 0.1) is 21.2 Å². The molecule has 2 aromatic heterocycles. The number of nitrogens with zero attached hydrogens (tertiary/aromatic N) is 4. The lowest BCUT2D eigenvalue weighted by atomic mass is 9.98. The molecule has 0 unspecified atom stereocenters. The molecule has 4 aromatic rings. The molecular formula is C26H24BrN5O. The molecule has 1 aliphatic heterocycles. The van der Waals surface area contributed by atoms with Crippen LogP contribution in [-0.4, -0.2) is 44.9 Å². The largest absolute Gasteiger partial charge is 0.352 e. The average Bonchev–Trinajstić information content (AvgIpc) is 2.88. The summed E-state index contributed by atoms with van der Waals surface area (Å²) in [5.41, 5.74) is 3.34. The van der Waals surface area contributed by atoms with Crippen molar-refractivity contribution >= 4 is 38.7 Å². The van der Waals surface area contributed by atoms with Crippen LogP contribution in [0.4, 0.5) is 5.95 Å². The van der Waals surface area contributed by atoms with Crippen LogP contribution < -0.4 is 5.32 Å². The van der Waals surface area contributed by atoms with Crippen molar-refractivity contribution in [2.75, 3.05) is 18.4 Å². The van der Waals surface area contributed by atoms with E-state index < -0.39 is 0 Å². The molecule has 1 aliphatic rings. The lowest BCUT2D eigenvalue weighted by molar-refractivity contribution is 0.0630. The van der Waals surface area contributed by atoms with E-state index in [2.05, 4.69) is 31.2 Å².